The molecule has 2 saturated heterocycles. The van der Waals surface area contributed by atoms with Crippen LogP contribution >= 0.6 is 11.6 Å². The van der Waals surface area contributed by atoms with Gasteiger partial charge in [-0.25, -0.2) is 9.97 Å². The number of hydrogen-bond acceptors (Lipinski definition) is 7. The summed E-state index contributed by atoms with van der Waals surface area (Å²) in [5.41, 5.74) is 2.68. The molecule has 10 nitrogen and oxygen atoms in total. The van der Waals surface area contributed by atoms with Gasteiger partial charge in [0.2, 0.25) is 17.8 Å². The predicted octanol–water partition coefficient (Wildman–Crippen LogP) is 3.11. The largest absolute Gasteiger partial charge is 0.381 e. The van der Waals surface area contributed by atoms with Crippen molar-refractivity contribution in [3.05, 3.63) is 40.5 Å². The van der Waals surface area contributed by atoms with E-state index in [1.54, 1.807) is 24.1 Å². The SMILES string of the molecule is CC(=O)N1CCCC([C@@H](C)NC(=O)CN2Cc3ccc(-c4nc(NC5CCOCC5)ncc4Cl)cc3C2=O)C1. The van der Waals surface area contributed by atoms with Crippen molar-refractivity contribution < 1.29 is 19.1 Å². The third-order valence-electron chi connectivity index (χ3n) is 7.89. The highest BCUT2D eigenvalue weighted by atomic mass is 35.5. The lowest BCUT2D eigenvalue weighted by Crippen LogP contribution is -2.49. The van der Waals surface area contributed by atoms with Crippen LogP contribution in [-0.4, -0.2) is 82.4 Å². The van der Waals surface area contributed by atoms with Gasteiger partial charge in [0.15, 0.2) is 0 Å². The van der Waals surface area contributed by atoms with Crippen LogP contribution in [0.4, 0.5) is 5.95 Å². The summed E-state index contributed by atoms with van der Waals surface area (Å²) < 4.78 is 5.42. The Balaban J connectivity index is 1.22. The summed E-state index contributed by atoms with van der Waals surface area (Å²) >= 11 is 6.45. The highest BCUT2D eigenvalue weighted by molar-refractivity contribution is 6.33. The zero-order chi connectivity index (χ0) is 27.5. The number of carbonyl (C=O) groups excluding carboxylic acids is 3. The molecule has 1 aromatic carbocycles. The molecule has 0 aliphatic carbocycles. The summed E-state index contributed by atoms with van der Waals surface area (Å²) in [4.78, 5) is 50.2. The number of carbonyl (C=O) groups is 3. The average molecular weight is 555 g/mol. The molecule has 0 spiro atoms. The van der Waals surface area contributed by atoms with Crippen molar-refractivity contribution in [2.45, 2.75) is 58.2 Å². The molecular formula is C28H35ClN6O4. The monoisotopic (exact) mass is 554 g/mol. The van der Waals surface area contributed by atoms with E-state index >= 15 is 0 Å². The fourth-order valence-electron chi connectivity index (χ4n) is 5.59. The molecule has 0 saturated carbocycles. The van der Waals surface area contributed by atoms with Gasteiger partial charge in [0.05, 0.1) is 16.9 Å². The van der Waals surface area contributed by atoms with Crippen LogP contribution in [0.1, 0.15) is 55.5 Å². The molecule has 2 aromatic rings. The molecule has 1 unspecified atom stereocenters. The Morgan fingerprint density at radius 3 is 2.79 bits per heavy atom. The first-order chi connectivity index (χ1) is 18.8. The van der Waals surface area contributed by atoms with Gasteiger partial charge >= 0.3 is 0 Å². The van der Waals surface area contributed by atoms with Crippen LogP contribution in [0.2, 0.25) is 5.02 Å². The van der Waals surface area contributed by atoms with E-state index in [0.717, 1.165) is 43.4 Å². The molecule has 1 aromatic heterocycles. The Labute approximate surface area is 233 Å². The van der Waals surface area contributed by atoms with Crippen molar-refractivity contribution in [1.29, 1.82) is 0 Å². The standard InChI is InChI=1S/C28H35ClN6O4/c1-17(20-4-3-9-34(14-20)18(2)36)31-25(37)16-35-15-21-6-5-19(12-23(21)27(35)38)26-24(29)13-30-28(33-26)32-22-7-10-39-11-8-22/h5-6,12-13,17,20,22H,3-4,7-11,14-16H2,1-2H3,(H,31,37)(H,30,32,33)/t17-,20?/m1/s1. The first-order valence-corrected chi connectivity index (χ1v) is 14.0. The van der Waals surface area contributed by atoms with E-state index in [1.807, 2.05) is 24.0 Å². The summed E-state index contributed by atoms with van der Waals surface area (Å²) in [6.45, 7) is 6.71. The Morgan fingerprint density at radius 2 is 2.03 bits per heavy atom. The number of nitrogens with zero attached hydrogens (tertiary/aromatic N) is 4. The number of nitrogens with one attached hydrogen (secondary N) is 2. The first-order valence-electron chi connectivity index (χ1n) is 13.6. The van der Waals surface area contributed by atoms with Crippen molar-refractivity contribution in [3.63, 3.8) is 0 Å². The molecule has 39 heavy (non-hydrogen) atoms. The zero-order valence-corrected chi connectivity index (χ0v) is 23.2. The third kappa shape index (κ3) is 6.33. The summed E-state index contributed by atoms with van der Waals surface area (Å²) in [7, 11) is 0. The maximum Gasteiger partial charge on any atom is 0.254 e. The number of likely N-dealkylation sites (tertiary alicyclic amines) is 1. The van der Waals surface area contributed by atoms with Crippen LogP contribution in [-0.2, 0) is 20.9 Å². The lowest BCUT2D eigenvalue weighted by molar-refractivity contribution is -0.130. The van der Waals surface area contributed by atoms with Crippen LogP contribution in [0.25, 0.3) is 11.3 Å². The molecule has 2 atom stereocenters. The van der Waals surface area contributed by atoms with Gasteiger partial charge in [-0.15, -0.1) is 0 Å². The van der Waals surface area contributed by atoms with Gasteiger partial charge in [0.25, 0.3) is 5.91 Å². The maximum atomic E-state index is 13.2. The van der Waals surface area contributed by atoms with Crippen LogP contribution in [0.5, 0.6) is 0 Å². The summed E-state index contributed by atoms with van der Waals surface area (Å²) in [5, 5.41) is 6.80. The quantitative estimate of drug-likeness (QED) is 0.540. The number of piperidine rings is 1. The van der Waals surface area contributed by atoms with Gasteiger partial charge in [-0.1, -0.05) is 23.7 Å². The number of fused-ring (bicyclic) bond motifs is 1. The minimum Gasteiger partial charge on any atom is -0.381 e. The first kappa shape index (κ1) is 27.3. The van der Waals surface area contributed by atoms with E-state index < -0.39 is 0 Å². The van der Waals surface area contributed by atoms with Gasteiger partial charge in [0, 0.05) is 63.0 Å². The van der Waals surface area contributed by atoms with E-state index in [4.69, 9.17) is 16.3 Å². The molecular weight excluding hydrogens is 520 g/mol. The number of hydrogen-bond donors (Lipinski definition) is 2. The lowest BCUT2D eigenvalue weighted by atomic mass is 9.91. The van der Waals surface area contributed by atoms with Gasteiger partial charge in [-0.2, -0.15) is 0 Å². The minimum absolute atomic E-state index is 0.0240. The predicted molar refractivity (Wildman–Crippen MR) is 147 cm³/mol. The minimum atomic E-state index is -0.202. The number of amides is 3. The molecule has 3 aliphatic heterocycles. The molecule has 3 aliphatic rings. The molecule has 208 valence electrons. The smallest absolute Gasteiger partial charge is 0.254 e. The van der Waals surface area contributed by atoms with Gasteiger partial charge in [-0.3, -0.25) is 14.4 Å². The second kappa shape index (κ2) is 11.9. The molecule has 5 rings (SSSR count). The second-order valence-corrected chi connectivity index (χ2v) is 11.1. The van der Waals surface area contributed by atoms with Gasteiger partial charge < -0.3 is 25.2 Å². The Hall–Kier alpha value is -3.24. The van der Waals surface area contributed by atoms with Gasteiger partial charge in [-0.05, 0) is 50.2 Å². The molecule has 4 heterocycles. The fraction of sp³-hybridized carbons (Fsp3) is 0.536. The van der Waals surface area contributed by atoms with E-state index in [1.165, 1.54) is 0 Å². The van der Waals surface area contributed by atoms with Crippen molar-refractivity contribution in [2.75, 3.05) is 38.2 Å². The van der Waals surface area contributed by atoms with E-state index in [2.05, 4.69) is 20.6 Å². The van der Waals surface area contributed by atoms with E-state index in [0.29, 0.717) is 48.5 Å². The number of benzene rings is 1. The molecule has 3 amide bonds. The molecule has 0 bridgehead atoms. The fourth-order valence-corrected chi connectivity index (χ4v) is 5.79. The van der Waals surface area contributed by atoms with Crippen LogP contribution in [0.15, 0.2) is 24.4 Å². The molecule has 11 heteroatoms. The van der Waals surface area contributed by atoms with E-state index in [-0.39, 0.29) is 42.3 Å². The van der Waals surface area contributed by atoms with E-state index in [9.17, 15) is 14.4 Å². The summed E-state index contributed by atoms with van der Waals surface area (Å²) in [6.07, 6.45) is 5.22. The average Bonchev–Trinajstić information content (AvgIpc) is 3.24. The number of halogens is 1. The second-order valence-electron chi connectivity index (χ2n) is 10.7. The highest BCUT2D eigenvalue weighted by Crippen LogP contribution is 2.32. The van der Waals surface area contributed by atoms with Crippen LogP contribution < -0.4 is 10.6 Å². The highest BCUT2D eigenvalue weighted by Gasteiger charge is 2.31. The van der Waals surface area contributed by atoms with Crippen molar-refractivity contribution in [1.82, 2.24) is 25.1 Å². The van der Waals surface area contributed by atoms with Gasteiger partial charge in [0.1, 0.15) is 6.54 Å². The summed E-state index contributed by atoms with van der Waals surface area (Å²) in [5.74, 6) is 0.356. The lowest BCUT2D eigenvalue weighted by Gasteiger charge is -2.35. The molecule has 0 radical (unpaired) electrons. The maximum absolute atomic E-state index is 13.2. The Bertz CT molecular complexity index is 1250. The molecule has 2 fully saturated rings. The zero-order valence-electron chi connectivity index (χ0n) is 22.4. The number of rotatable bonds is 7. The Kier molecular flexibility index (Phi) is 8.32. The van der Waals surface area contributed by atoms with Crippen molar-refractivity contribution >= 4 is 35.3 Å². The third-order valence-corrected chi connectivity index (χ3v) is 8.17. The number of anilines is 1. The normalized spacial score (nSPS) is 20.5. The number of aromatic nitrogens is 2. The Morgan fingerprint density at radius 1 is 1.23 bits per heavy atom. The van der Waals surface area contributed by atoms with Crippen molar-refractivity contribution in [3.8, 4) is 11.3 Å². The van der Waals surface area contributed by atoms with Crippen LogP contribution in [0.3, 0.4) is 0 Å². The number of ether oxygens (including phenoxy) is 1. The topological polar surface area (TPSA) is 117 Å². The van der Waals surface area contributed by atoms with Crippen molar-refractivity contribution in [2.24, 2.45) is 5.92 Å². The summed E-state index contributed by atoms with van der Waals surface area (Å²) in [6, 6.07) is 5.74. The van der Waals surface area contributed by atoms with Crippen LogP contribution in [0, 0.1) is 5.92 Å². The molecule has 2 N–H and O–H groups in total.